The Bertz CT molecular complexity index is 684. The quantitative estimate of drug-likeness (QED) is 0.306. The van der Waals surface area contributed by atoms with Crippen molar-refractivity contribution in [1.29, 1.82) is 0 Å². The Morgan fingerprint density at radius 3 is 1.97 bits per heavy atom. The molecule has 0 radical (unpaired) electrons. The van der Waals surface area contributed by atoms with Crippen LogP contribution >= 0.6 is 0 Å². The summed E-state index contributed by atoms with van der Waals surface area (Å²) in [6.45, 7) is 10.0. The van der Waals surface area contributed by atoms with Crippen molar-refractivity contribution in [2.75, 3.05) is 13.2 Å². The summed E-state index contributed by atoms with van der Waals surface area (Å²) in [5.74, 6) is 0. The molecule has 1 heterocycles. The van der Waals surface area contributed by atoms with E-state index in [0.717, 1.165) is 12.0 Å². The van der Waals surface area contributed by atoms with Crippen LogP contribution in [-0.2, 0) is 14.8 Å². The number of aryl methyl sites for hydroxylation is 1. The molecular weight excluding hydrogens is 489 g/mol. The monoisotopic (exact) mass is 531 g/mol. The van der Waals surface area contributed by atoms with Gasteiger partial charge >= 0.3 is 184 Å². The fourth-order valence-corrected chi connectivity index (χ4v) is 25.4. The maximum absolute atomic E-state index is 13.7. The summed E-state index contributed by atoms with van der Waals surface area (Å²) in [7, 11) is -3.53. The van der Waals surface area contributed by atoms with Gasteiger partial charge in [0.1, 0.15) is 0 Å². The summed E-state index contributed by atoms with van der Waals surface area (Å²) >= 11 is -2.90. The van der Waals surface area contributed by atoms with Crippen molar-refractivity contribution < 1.29 is 13.2 Å². The second-order valence-corrected chi connectivity index (χ2v) is 24.0. The van der Waals surface area contributed by atoms with Gasteiger partial charge in [0.2, 0.25) is 0 Å². The molecule has 0 aliphatic carbocycles. The predicted molar refractivity (Wildman–Crippen MR) is 124 cm³/mol. The first-order chi connectivity index (χ1) is 13.9. The van der Waals surface area contributed by atoms with E-state index in [-0.39, 0.29) is 4.24 Å². The summed E-state index contributed by atoms with van der Waals surface area (Å²) in [6, 6.07) is 7.32. The molecule has 0 saturated carbocycles. The number of nitrogens with zero attached hydrogens (tertiary/aromatic N) is 1. The Labute approximate surface area is 183 Å². The van der Waals surface area contributed by atoms with Crippen molar-refractivity contribution in [1.82, 2.24) is 4.31 Å². The molecule has 1 aromatic carbocycles. The third-order valence-corrected chi connectivity index (χ3v) is 24.6. The molecular formula is C23H41NO3SSn. The second kappa shape index (κ2) is 12.1. The second-order valence-electron chi connectivity index (χ2n) is 8.68. The summed E-state index contributed by atoms with van der Waals surface area (Å²) in [5, 5.41) is 0. The first-order valence-electron chi connectivity index (χ1n) is 11.6. The molecule has 2 rings (SSSR count). The molecule has 4 nitrogen and oxygen atoms in total. The van der Waals surface area contributed by atoms with Crippen molar-refractivity contribution in [3.8, 4) is 0 Å². The molecule has 0 aromatic heterocycles. The van der Waals surface area contributed by atoms with E-state index >= 15 is 0 Å². The van der Waals surface area contributed by atoms with Crippen LogP contribution in [0.15, 0.2) is 29.2 Å². The van der Waals surface area contributed by atoms with Gasteiger partial charge in [-0.3, -0.25) is 0 Å². The number of hydrogen-bond acceptors (Lipinski definition) is 3. The van der Waals surface area contributed by atoms with Gasteiger partial charge in [-0.2, -0.15) is 0 Å². The van der Waals surface area contributed by atoms with Crippen LogP contribution in [0.3, 0.4) is 0 Å². The molecule has 6 heteroatoms. The zero-order chi connectivity index (χ0) is 21.3. The number of sulfonamides is 1. The Kier molecular flexibility index (Phi) is 10.5. The van der Waals surface area contributed by atoms with Crippen LogP contribution in [0, 0.1) is 6.92 Å². The van der Waals surface area contributed by atoms with E-state index in [1.807, 2.05) is 19.1 Å². The van der Waals surface area contributed by atoms with Gasteiger partial charge in [-0.25, -0.2) is 0 Å². The molecule has 166 valence electrons. The number of benzene rings is 1. The summed E-state index contributed by atoms with van der Waals surface area (Å²) < 4.78 is 39.1. The van der Waals surface area contributed by atoms with E-state index in [4.69, 9.17) is 4.74 Å². The third kappa shape index (κ3) is 6.44. The molecule has 1 fully saturated rings. The molecule has 1 unspecified atom stereocenters. The molecule has 0 amide bonds. The number of unbranched alkanes of at least 4 members (excludes halogenated alkanes) is 3. The van der Waals surface area contributed by atoms with E-state index < -0.39 is 28.4 Å². The number of rotatable bonds is 12. The van der Waals surface area contributed by atoms with Crippen LogP contribution in [0.2, 0.25) is 13.3 Å². The normalized spacial score (nSPS) is 18.8. The Morgan fingerprint density at radius 1 is 0.966 bits per heavy atom. The minimum absolute atomic E-state index is 0.144. The van der Waals surface area contributed by atoms with Gasteiger partial charge in [0.05, 0.1) is 0 Å². The van der Waals surface area contributed by atoms with Crippen molar-refractivity contribution in [3.63, 3.8) is 0 Å². The average molecular weight is 530 g/mol. The molecule has 29 heavy (non-hydrogen) atoms. The Hall–Kier alpha value is -0.111. The van der Waals surface area contributed by atoms with Crippen LogP contribution in [0.4, 0.5) is 0 Å². The van der Waals surface area contributed by atoms with Crippen molar-refractivity contribution >= 4 is 28.4 Å². The first kappa shape index (κ1) is 25.2. The van der Waals surface area contributed by atoms with Gasteiger partial charge in [-0.1, -0.05) is 0 Å². The zero-order valence-electron chi connectivity index (χ0n) is 19.0. The van der Waals surface area contributed by atoms with Crippen LogP contribution in [0.25, 0.3) is 0 Å². The van der Waals surface area contributed by atoms with Gasteiger partial charge in [-0.05, 0) is 0 Å². The summed E-state index contributed by atoms with van der Waals surface area (Å²) in [6.07, 6.45) is 7.95. The Balaban J connectivity index is 2.45. The van der Waals surface area contributed by atoms with Gasteiger partial charge in [0.25, 0.3) is 0 Å². The number of hydrogen-bond donors (Lipinski definition) is 0. The van der Waals surface area contributed by atoms with Gasteiger partial charge in [0, 0.05) is 0 Å². The van der Waals surface area contributed by atoms with Crippen LogP contribution in [0.1, 0.15) is 71.3 Å². The predicted octanol–water partition coefficient (Wildman–Crippen LogP) is 6.12. The third-order valence-electron chi connectivity index (χ3n) is 6.30. The van der Waals surface area contributed by atoms with Crippen LogP contribution in [-0.4, -0.2) is 48.5 Å². The van der Waals surface area contributed by atoms with Crippen LogP contribution in [0.5, 0.6) is 0 Å². The van der Waals surface area contributed by atoms with E-state index in [2.05, 4.69) is 20.8 Å². The van der Waals surface area contributed by atoms with Crippen molar-refractivity contribution in [2.45, 2.75) is 95.1 Å². The van der Waals surface area contributed by atoms with E-state index in [9.17, 15) is 8.42 Å². The average Bonchev–Trinajstić information content (AvgIpc) is 2.74. The molecule has 0 N–H and O–H groups in total. The molecule has 1 aliphatic heterocycles. The molecule has 1 saturated heterocycles. The molecule has 1 aromatic rings. The summed E-state index contributed by atoms with van der Waals surface area (Å²) in [4.78, 5) is 0.417. The Morgan fingerprint density at radius 2 is 1.48 bits per heavy atom. The standard InChI is InChI=1S/C11H14NO3S.3C4H9.Sn/c1-10-3-5-11(6-4-10)16(13,14)12-7-2-8-15-9-12;3*1-3-4-2;/h3-6,9H,2,7-8H2,1H3;3*1,3-4H2,2H3;. The number of ether oxygens (including phenoxy) is 1. The maximum atomic E-state index is 13.7. The molecule has 0 spiro atoms. The fourth-order valence-electron chi connectivity index (χ4n) is 4.52. The first-order valence-corrected chi connectivity index (χ1v) is 20.8. The topological polar surface area (TPSA) is 46.6 Å². The van der Waals surface area contributed by atoms with Gasteiger partial charge in [-0.15, -0.1) is 0 Å². The van der Waals surface area contributed by atoms with E-state index in [0.29, 0.717) is 18.0 Å². The molecule has 0 bridgehead atoms. The van der Waals surface area contributed by atoms with E-state index in [1.54, 1.807) is 16.4 Å². The van der Waals surface area contributed by atoms with Gasteiger partial charge < -0.3 is 0 Å². The van der Waals surface area contributed by atoms with Crippen molar-refractivity contribution in [3.05, 3.63) is 29.8 Å². The van der Waals surface area contributed by atoms with Gasteiger partial charge in [0.15, 0.2) is 0 Å². The fraction of sp³-hybridized carbons (Fsp3) is 0.739. The minimum atomic E-state index is -3.53. The SMILES string of the molecule is CCC[CH2][Sn]([CH2]CCC)([CH2]CCC)[CH]1OCCCN1S(=O)(=O)c1ccc(C)cc1. The zero-order valence-corrected chi connectivity index (χ0v) is 22.6. The van der Waals surface area contributed by atoms with Crippen LogP contribution < -0.4 is 0 Å². The summed E-state index contributed by atoms with van der Waals surface area (Å²) in [5.41, 5.74) is 1.08. The molecule has 1 aliphatic rings. The van der Waals surface area contributed by atoms with E-state index in [1.165, 1.54) is 51.8 Å². The van der Waals surface area contributed by atoms with Crippen molar-refractivity contribution in [2.24, 2.45) is 0 Å². The molecule has 1 atom stereocenters.